The van der Waals surface area contributed by atoms with Crippen molar-refractivity contribution in [3.63, 3.8) is 0 Å². The SMILES string of the molecule is COc1ccccc1Nc1cc(NN=Cc2ccc(Cl)cc2[N+](=O)[O-])nc(NN=Cc2ccc(Cl)cc2[N+](=O)[O-])n1. The maximum atomic E-state index is 11.4. The fourth-order valence-corrected chi connectivity index (χ4v) is 3.73. The number of para-hydroxylation sites is 2. The van der Waals surface area contributed by atoms with Crippen LogP contribution in [0.25, 0.3) is 0 Å². The van der Waals surface area contributed by atoms with Gasteiger partial charge in [0.2, 0.25) is 5.95 Å². The minimum Gasteiger partial charge on any atom is -0.495 e. The number of aromatic nitrogens is 2. The largest absolute Gasteiger partial charge is 0.495 e. The Kier molecular flexibility index (Phi) is 9.19. The van der Waals surface area contributed by atoms with Crippen molar-refractivity contribution < 1.29 is 14.6 Å². The zero-order chi connectivity index (χ0) is 29.4. The van der Waals surface area contributed by atoms with Gasteiger partial charge in [-0.15, -0.1) is 0 Å². The summed E-state index contributed by atoms with van der Waals surface area (Å²) in [7, 11) is 1.52. The Hall–Kier alpha value is -5.34. The number of halogens is 2. The summed E-state index contributed by atoms with van der Waals surface area (Å²) in [6, 6.07) is 17.0. The highest BCUT2D eigenvalue weighted by atomic mass is 35.5. The van der Waals surface area contributed by atoms with Gasteiger partial charge in [0, 0.05) is 28.2 Å². The van der Waals surface area contributed by atoms with Crippen LogP contribution in [0.5, 0.6) is 5.75 Å². The van der Waals surface area contributed by atoms with E-state index in [4.69, 9.17) is 27.9 Å². The maximum Gasteiger partial charge on any atom is 0.279 e. The standard InChI is InChI=1S/C25H19Cl2N9O5/c1-41-22-5-3-2-4-19(22)30-23-12-24(33-28-13-15-6-8-17(26)10-20(15)35(37)38)32-25(31-23)34-29-14-16-7-9-18(27)11-21(16)36(39)40/h2-14H,1H3,(H3,30,31,32,33,34). The highest BCUT2D eigenvalue weighted by Crippen LogP contribution is 2.28. The van der Waals surface area contributed by atoms with Gasteiger partial charge in [0.15, 0.2) is 5.82 Å². The molecule has 0 fully saturated rings. The molecule has 0 bridgehead atoms. The first-order valence-electron chi connectivity index (χ1n) is 11.5. The highest BCUT2D eigenvalue weighted by Gasteiger charge is 2.14. The Morgan fingerprint density at radius 2 is 1.37 bits per heavy atom. The maximum absolute atomic E-state index is 11.4. The molecule has 208 valence electrons. The molecule has 41 heavy (non-hydrogen) atoms. The zero-order valence-electron chi connectivity index (χ0n) is 21.0. The van der Waals surface area contributed by atoms with Crippen molar-refractivity contribution in [2.24, 2.45) is 10.2 Å². The summed E-state index contributed by atoms with van der Waals surface area (Å²) in [6.07, 6.45) is 2.47. The van der Waals surface area contributed by atoms with Gasteiger partial charge < -0.3 is 10.1 Å². The number of hydrogen-bond acceptors (Lipinski definition) is 12. The van der Waals surface area contributed by atoms with Crippen LogP contribution in [0.1, 0.15) is 11.1 Å². The average Bonchev–Trinajstić information content (AvgIpc) is 2.94. The number of hydrogen-bond donors (Lipinski definition) is 3. The van der Waals surface area contributed by atoms with Crippen molar-refractivity contribution in [1.82, 2.24) is 9.97 Å². The second-order valence-corrected chi connectivity index (χ2v) is 8.82. The van der Waals surface area contributed by atoms with Gasteiger partial charge in [-0.25, -0.2) is 5.43 Å². The molecule has 0 saturated heterocycles. The van der Waals surface area contributed by atoms with E-state index in [1.165, 1.54) is 62.0 Å². The van der Waals surface area contributed by atoms with Gasteiger partial charge in [-0.2, -0.15) is 20.2 Å². The lowest BCUT2D eigenvalue weighted by atomic mass is 10.2. The second kappa shape index (κ2) is 13.1. The topological polar surface area (TPSA) is 182 Å². The zero-order valence-corrected chi connectivity index (χ0v) is 22.5. The lowest BCUT2D eigenvalue weighted by Gasteiger charge is -2.12. The van der Waals surface area contributed by atoms with E-state index in [-0.39, 0.29) is 44.3 Å². The summed E-state index contributed by atoms with van der Waals surface area (Å²) >= 11 is 11.7. The van der Waals surface area contributed by atoms with E-state index in [0.29, 0.717) is 17.3 Å². The van der Waals surface area contributed by atoms with Crippen molar-refractivity contribution in [1.29, 1.82) is 0 Å². The van der Waals surface area contributed by atoms with E-state index >= 15 is 0 Å². The molecule has 0 spiro atoms. The first kappa shape index (κ1) is 28.7. The Morgan fingerprint density at radius 3 is 1.95 bits per heavy atom. The van der Waals surface area contributed by atoms with Crippen LogP contribution >= 0.6 is 23.2 Å². The van der Waals surface area contributed by atoms with Gasteiger partial charge in [-0.1, -0.05) is 35.3 Å². The first-order chi connectivity index (χ1) is 19.7. The molecular weight excluding hydrogens is 577 g/mol. The molecule has 0 unspecified atom stereocenters. The molecule has 0 amide bonds. The third kappa shape index (κ3) is 7.62. The summed E-state index contributed by atoms with van der Waals surface area (Å²) in [5, 5.41) is 34.3. The van der Waals surface area contributed by atoms with E-state index in [2.05, 4.69) is 36.3 Å². The normalized spacial score (nSPS) is 11.0. The molecule has 4 aromatic rings. The number of methoxy groups -OCH3 is 1. The molecule has 0 saturated carbocycles. The third-order valence-electron chi connectivity index (χ3n) is 5.23. The minimum absolute atomic E-state index is 0.00654. The molecule has 1 heterocycles. The van der Waals surface area contributed by atoms with Gasteiger partial charge >= 0.3 is 0 Å². The van der Waals surface area contributed by atoms with Crippen LogP contribution in [-0.4, -0.2) is 39.4 Å². The Morgan fingerprint density at radius 1 is 0.805 bits per heavy atom. The van der Waals surface area contributed by atoms with Crippen LogP contribution in [0.4, 0.5) is 34.6 Å². The van der Waals surface area contributed by atoms with E-state index in [0.717, 1.165) is 0 Å². The molecule has 1 aromatic heterocycles. The summed E-state index contributed by atoms with van der Waals surface area (Å²) in [4.78, 5) is 30.2. The summed E-state index contributed by atoms with van der Waals surface area (Å²) in [6.45, 7) is 0. The molecule has 3 aromatic carbocycles. The Labute approximate surface area is 242 Å². The average molecular weight is 596 g/mol. The quantitative estimate of drug-likeness (QED) is 0.102. The number of rotatable bonds is 11. The lowest BCUT2D eigenvalue weighted by molar-refractivity contribution is -0.385. The molecule has 3 N–H and O–H groups in total. The first-order valence-corrected chi connectivity index (χ1v) is 12.2. The molecule has 0 radical (unpaired) electrons. The molecule has 0 aliphatic heterocycles. The van der Waals surface area contributed by atoms with E-state index in [1.54, 1.807) is 24.3 Å². The summed E-state index contributed by atoms with van der Waals surface area (Å²) in [5.74, 6) is 1.03. The van der Waals surface area contributed by atoms with Gasteiger partial charge in [-0.3, -0.25) is 25.7 Å². The predicted octanol–water partition coefficient (Wildman–Crippen LogP) is 6.24. The Balaban J connectivity index is 1.62. The number of benzene rings is 3. The number of nitro groups is 2. The van der Waals surface area contributed by atoms with Crippen LogP contribution in [0.15, 0.2) is 76.9 Å². The molecule has 0 aliphatic carbocycles. The summed E-state index contributed by atoms with van der Waals surface area (Å²) in [5.41, 5.74) is 5.89. The lowest BCUT2D eigenvalue weighted by Crippen LogP contribution is -2.05. The van der Waals surface area contributed by atoms with E-state index in [1.807, 2.05) is 0 Å². The minimum atomic E-state index is -0.577. The monoisotopic (exact) mass is 595 g/mol. The van der Waals surface area contributed by atoms with Crippen LogP contribution in [0.2, 0.25) is 10.0 Å². The van der Waals surface area contributed by atoms with Crippen molar-refractivity contribution in [2.75, 3.05) is 23.3 Å². The van der Waals surface area contributed by atoms with Crippen LogP contribution in [-0.2, 0) is 0 Å². The van der Waals surface area contributed by atoms with Crippen LogP contribution in [0, 0.1) is 20.2 Å². The summed E-state index contributed by atoms with van der Waals surface area (Å²) < 4.78 is 5.37. The molecule has 4 rings (SSSR count). The second-order valence-electron chi connectivity index (χ2n) is 7.95. The highest BCUT2D eigenvalue weighted by molar-refractivity contribution is 6.31. The van der Waals surface area contributed by atoms with E-state index < -0.39 is 9.85 Å². The van der Waals surface area contributed by atoms with Gasteiger partial charge in [0.1, 0.15) is 11.6 Å². The van der Waals surface area contributed by atoms with Crippen LogP contribution < -0.4 is 20.9 Å². The molecule has 0 aliphatic rings. The fourth-order valence-electron chi connectivity index (χ4n) is 3.40. The number of nitro benzene ring substituents is 2. The molecule has 0 atom stereocenters. The van der Waals surface area contributed by atoms with Crippen molar-refractivity contribution in [3.8, 4) is 5.75 Å². The number of anilines is 4. The van der Waals surface area contributed by atoms with Crippen molar-refractivity contribution >= 4 is 70.3 Å². The van der Waals surface area contributed by atoms with Crippen molar-refractivity contribution in [2.45, 2.75) is 0 Å². The van der Waals surface area contributed by atoms with Gasteiger partial charge in [0.05, 0.1) is 46.2 Å². The predicted molar refractivity (Wildman–Crippen MR) is 157 cm³/mol. The Bertz CT molecular complexity index is 1570. The number of nitrogens with zero attached hydrogens (tertiary/aromatic N) is 6. The van der Waals surface area contributed by atoms with Gasteiger partial charge in [-0.05, 0) is 36.4 Å². The smallest absolute Gasteiger partial charge is 0.279 e. The molecule has 16 heteroatoms. The number of nitrogens with one attached hydrogen (secondary N) is 3. The fraction of sp³-hybridized carbons (Fsp3) is 0.0400. The van der Waals surface area contributed by atoms with Crippen LogP contribution in [0.3, 0.4) is 0 Å². The molecule has 14 nitrogen and oxygen atoms in total. The third-order valence-corrected chi connectivity index (χ3v) is 5.70. The molecular formula is C25H19Cl2N9O5. The van der Waals surface area contributed by atoms with Crippen molar-refractivity contribution in [3.05, 3.63) is 108 Å². The number of hydrazone groups is 2. The number of ether oxygens (including phenoxy) is 1. The van der Waals surface area contributed by atoms with E-state index in [9.17, 15) is 20.2 Å². The van der Waals surface area contributed by atoms with Gasteiger partial charge in [0.25, 0.3) is 11.4 Å².